The van der Waals surface area contributed by atoms with E-state index in [0.717, 1.165) is 40.8 Å². The van der Waals surface area contributed by atoms with Crippen LogP contribution in [-0.2, 0) is 12.8 Å². The zero-order chi connectivity index (χ0) is 13.5. The van der Waals surface area contributed by atoms with Gasteiger partial charge in [0.05, 0.1) is 0 Å². The normalized spacial score (nSPS) is 16.9. The van der Waals surface area contributed by atoms with E-state index in [2.05, 4.69) is 20.4 Å². The van der Waals surface area contributed by atoms with E-state index in [1.807, 2.05) is 19.9 Å². The highest BCUT2D eigenvalue weighted by molar-refractivity contribution is 5.59. The summed E-state index contributed by atoms with van der Waals surface area (Å²) in [5.41, 5.74) is 4.01. The fourth-order valence-electron chi connectivity index (χ4n) is 2.60. The van der Waals surface area contributed by atoms with Crippen LogP contribution >= 0.6 is 0 Å². The predicted octanol–water partition coefficient (Wildman–Crippen LogP) is 3.84. The highest BCUT2D eigenvalue weighted by atomic mass is 16.5. The van der Waals surface area contributed by atoms with E-state index < -0.39 is 0 Å². The molecular weight excluding hydrogens is 224 g/mol. The van der Waals surface area contributed by atoms with Gasteiger partial charge in [-0.05, 0) is 58.1 Å². The summed E-state index contributed by atoms with van der Waals surface area (Å²) in [4.78, 5) is 0. The van der Waals surface area contributed by atoms with Gasteiger partial charge in [-0.25, -0.2) is 0 Å². The van der Waals surface area contributed by atoms with Gasteiger partial charge in [0.25, 0.3) is 0 Å². The van der Waals surface area contributed by atoms with Crippen LogP contribution in [0.1, 0.15) is 42.5 Å². The van der Waals surface area contributed by atoms with Crippen molar-refractivity contribution in [1.29, 1.82) is 0 Å². The van der Waals surface area contributed by atoms with E-state index >= 15 is 0 Å². The Kier molecular flexibility index (Phi) is 3.14. The van der Waals surface area contributed by atoms with E-state index in [0.29, 0.717) is 12.2 Å². The number of aromatic hydroxyl groups is 1. The molecule has 0 saturated carbocycles. The summed E-state index contributed by atoms with van der Waals surface area (Å²) in [6, 6.07) is 0. The second-order valence-electron chi connectivity index (χ2n) is 5.74. The Morgan fingerprint density at radius 2 is 2.00 bits per heavy atom. The van der Waals surface area contributed by atoms with Gasteiger partial charge in [-0.3, -0.25) is 0 Å². The molecule has 1 N–H and O–H groups in total. The first-order valence-corrected chi connectivity index (χ1v) is 6.51. The standard InChI is InChI=1S/C16H22O2/c1-6-7-12-13-8-9-16(4,5)18-15(13)11(3)10(2)14(12)17/h6,17H,1,7-9H2,2-5H3. The first kappa shape index (κ1) is 13.0. The lowest BCUT2D eigenvalue weighted by Gasteiger charge is -2.35. The van der Waals surface area contributed by atoms with Crippen LogP contribution in [0, 0.1) is 13.8 Å². The zero-order valence-electron chi connectivity index (χ0n) is 11.8. The lowest BCUT2D eigenvalue weighted by atomic mass is 9.86. The molecule has 1 aromatic carbocycles. The fourth-order valence-corrected chi connectivity index (χ4v) is 2.60. The molecule has 18 heavy (non-hydrogen) atoms. The fraction of sp³-hybridized carbons (Fsp3) is 0.500. The molecule has 0 amide bonds. The summed E-state index contributed by atoms with van der Waals surface area (Å²) >= 11 is 0. The van der Waals surface area contributed by atoms with E-state index in [4.69, 9.17) is 4.74 Å². The Labute approximate surface area is 109 Å². The molecule has 0 spiro atoms. The maximum Gasteiger partial charge on any atom is 0.127 e. The Morgan fingerprint density at radius 1 is 1.33 bits per heavy atom. The summed E-state index contributed by atoms with van der Waals surface area (Å²) in [6.07, 6.45) is 4.47. The molecule has 0 fully saturated rings. The van der Waals surface area contributed by atoms with Crippen molar-refractivity contribution in [2.24, 2.45) is 0 Å². The van der Waals surface area contributed by atoms with Gasteiger partial charge < -0.3 is 9.84 Å². The third kappa shape index (κ3) is 2.00. The number of benzene rings is 1. The van der Waals surface area contributed by atoms with Gasteiger partial charge in [-0.15, -0.1) is 6.58 Å². The largest absolute Gasteiger partial charge is 0.507 e. The van der Waals surface area contributed by atoms with Crippen LogP contribution in [0.2, 0.25) is 0 Å². The van der Waals surface area contributed by atoms with Crippen molar-refractivity contribution in [1.82, 2.24) is 0 Å². The summed E-state index contributed by atoms with van der Waals surface area (Å²) in [5, 5.41) is 10.3. The van der Waals surface area contributed by atoms with Crippen molar-refractivity contribution in [3.8, 4) is 11.5 Å². The molecule has 1 aliphatic rings. The minimum absolute atomic E-state index is 0.118. The Balaban J connectivity index is 2.65. The van der Waals surface area contributed by atoms with Gasteiger partial charge in [0.15, 0.2) is 0 Å². The highest BCUT2D eigenvalue weighted by Crippen LogP contribution is 2.43. The SMILES string of the molecule is C=CCc1c(O)c(C)c(C)c2c1CCC(C)(C)O2. The van der Waals surface area contributed by atoms with Crippen LogP contribution in [0.15, 0.2) is 12.7 Å². The molecule has 0 unspecified atom stereocenters. The number of phenols is 1. The zero-order valence-corrected chi connectivity index (χ0v) is 11.8. The van der Waals surface area contributed by atoms with E-state index in [9.17, 15) is 5.11 Å². The molecule has 0 aromatic heterocycles. The third-order valence-corrected chi connectivity index (χ3v) is 3.89. The first-order chi connectivity index (χ1) is 8.37. The van der Waals surface area contributed by atoms with E-state index in [1.54, 1.807) is 0 Å². The summed E-state index contributed by atoms with van der Waals surface area (Å²) in [7, 11) is 0. The number of ether oxygens (including phenoxy) is 1. The maximum atomic E-state index is 10.3. The molecule has 0 saturated heterocycles. The number of fused-ring (bicyclic) bond motifs is 1. The van der Waals surface area contributed by atoms with Gasteiger partial charge in [0, 0.05) is 11.1 Å². The number of phenolic OH excluding ortho intramolecular Hbond substituents is 1. The minimum Gasteiger partial charge on any atom is -0.507 e. The second kappa shape index (κ2) is 4.34. The molecule has 0 aliphatic carbocycles. The van der Waals surface area contributed by atoms with Crippen LogP contribution < -0.4 is 4.74 Å². The topological polar surface area (TPSA) is 29.5 Å². The van der Waals surface area contributed by atoms with Crippen LogP contribution in [0.4, 0.5) is 0 Å². The Morgan fingerprint density at radius 3 is 2.61 bits per heavy atom. The van der Waals surface area contributed by atoms with Gasteiger partial charge in [-0.1, -0.05) is 6.08 Å². The van der Waals surface area contributed by atoms with Crippen molar-refractivity contribution in [3.63, 3.8) is 0 Å². The maximum absolute atomic E-state index is 10.3. The van der Waals surface area contributed by atoms with Gasteiger partial charge in [-0.2, -0.15) is 0 Å². The third-order valence-electron chi connectivity index (χ3n) is 3.89. The average Bonchev–Trinajstić information content (AvgIpc) is 2.31. The molecule has 0 bridgehead atoms. The highest BCUT2D eigenvalue weighted by Gasteiger charge is 2.31. The number of hydrogen-bond donors (Lipinski definition) is 1. The summed E-state index contributed by atoms with van der Waals surface area (Å²) in [6.45, 7) is 12.0. The molecule has 2 nitrogen and oxygen atoms in total. The van der Waals surface area contributed by atoms with Gasteiger partial charge in [0.2, 0.25) is 0 Å². The van der Waals surface area contributed by atoms with Crippen molar-refractivity contribution in [2.75, 3.05) is 0 Å². The smallest absolute Gasteiger partial charge is 0.127 e. The Bertz CT molecular complexity index is 499. The summed E-state index contributed by atoms with van der Waals surface area (Å²) < 4.78 is 6.13. The van der Waals surface area contributed by atoms with Crippen LogP contribution in [-0.4, -0.2) is 10.7 Å². The first-order valence-electron chi connectivity index (χ1n) is 6.51. The Hall–Kier alpha value is -1.44. The van der Waals surface area contributed by atoms with Crippen LogP contribution in [0.3, 0.4) is 0 Å². The van der Waals surface area contributed by atoms with Gasteiger partial charge in [0.1, 0.15) is 17.1 Å². The molecule has 2 rings (SSSR count). The second-order valence-corrected chi connectivity index (χ2v) is 5.74. The molecule has 1 aromatic rings. The lowest BCUT2D eigenvalue weighted by molar-refractivity contribution is 0.0831. The van der Waals surface area contributed by atoms with Crippen LogP contribution in [0.5, 0.6) is 11.5 Å². The molecule has 0 atom stereocenters. The quantitative estimate of drug-likeness (QED) is 0.803. The molecule has 1 heterocycles. The van der Waals surface area contributed by atoms with Crippen molar-refractivity contribution in [2.45, 2.75) is 52.6 Å². The number of hydrogen-bond acceptors (Lipinski definition) is 2. The van der Waals surface area contributed by atoms with Crippen molar-refractivity contribution < 1.29 is 9.84 Å². The minimum atomic E-state index is -0.118. The molecule has 2 heteroatoms. The molecular formula is C16H22O2. The van der Waals surface area contributed by atoms with Gasteiger partial charge >= 0.3 is 0 Å². The summed E-state index contributed by atoms with van der Waals surface area (Å²) in [5.74, 6) is 1.38. The monoisotopic (exact) mass is 246 g/mol. The molecule has 0 radical (unpaired) electrons. The molecule has 1 aliphatic heterocycles. The average molecular weight is 246 g/mol. The van der Waals surface area contributed by atoms with Crippen molar-refractivity contribution in [3.05, 3.63) is 34.9 Å². The predicted molar refractivity (Wildman–Crippen MR) is 74.5 cm³/mol. The van der Waals surface area contributed by atoms with Crippen molar-refractivity contribution >= 4 is 0 Å². The number of allylic oxidation sites excluding steroid dienone is 1. The van der Waals surface area contributed by atoms with E-state index in [1.165, 1.54) is 0 Å². The number of rotatable bonds is 2. The lowest BCUT2D eigenvalue weighted by Crippen LogP contribution is -2.33. The van der Waals surface area contributed by atoms with Crippen LogP contribution in [0.25, 0.3) is 0 Å². The molecule has 98 valence electrons. The van der Waals surface area contributed by atoms with E-state index in [-0.39, 0.29) is 5.60 Å².